The molecule has 1 amide bonds. The molecule has 3 unspecified atom stereocenters. The van der Waals surface area contributed by atoms with Crippen molar-refractivity contribution in [2.24, 2.45) is 5.92 Å². The van der Waals surface area contributed by atoms with E-state index in [9.17, 15) is 9.59 Å². The number of hydrogen-bond donors (Lipinski definition) is 1. The maximum atomic E-state index is 12.4. The lowest BCUT2D eigenvalue weighted by molar-refractivity contribution is -0.143. The zero-order valence-electron chi connectivity index (χ0n) is 19.9. The monoisotopic (exact) mass is 449 g/mol. The Kier molecular flexibility index (Phi) is 9.12. The number of hydrogen-bond acceptors (Lipinski definition) is 5. The van der Waals surface area contributed by atoms with Crippen LogP contribution in [0.3, 0.4) is 0 Å². The predicted molar refractivity (Wildman–Crippen MR) is 124 cm³/mol. The SMILES string of the molecule is COC(=O)C(CC1CCCCC1O[Si](C)(C)C(C)(C)C)NC(=O)OCc1ccccc1. The van der Waals surface area contributed by atoms with Gasteiger partial charge in [0.25, 0.3) is 0 Å². The van der Waals surface area contributed by atoms with Gasteiger partial charge in [-0.3, -0.25) is 0 Å². The van der Waals surface area contributed by atoms with Gasteiger partial charge in [0.1, 0.15) is 12.6 Å². The van der Waals surface area contributed by atoms with Gasteiger partial charge >= 0.3 is 12.1 Å². The second kappa shape index (κ2) is 11.1. The molecule has 2 rings (SSSR count). The lowest BCUT2D eigenvalue weighted by Gasteiger charge is -2.43. The number of benzene rings is 1. The summed E-state index contributed by atoms with van der Waals surface area (Å²) in [5.74, 6) is -0.255. The second-order valence-electron chi connectivity index (χ2n) is 9.98. The third-order valence-electron chi connectivity index (χ3n) is 6.62. The molecular weight excluding hydrogens is 410 g/mol. The van der Waals surface area contributed by atoms with Crippen molar-refractivity contribution < 1.29 is 23.5 Å². The molecule has 1 aliphatic carbocycles. The smallest absolute Gasteiger partial charge is 0.408 e. The van der Waals surface area contributed by atoms with Gasteiger partial charge in [-0.2, -0.15) is 0 Å². The first-order chi connectivity index (χ1) is 14.5. The van der Waals surface area contributed by atoms with Gasteiger partial charge in [-0.05, 0) is 48.9 Å². The van der Waals surface area contributed by atoms with Crippen molar-refractivity contribution in [3.05, 3.63) is 35.9 Å². The molecule has 0 spiro atoms. The summed E-state index contributed by atoms with van der Waals surface area (Å²) < 4.78 is 17.0. The van der Waals surface area contributed by atoms with E-state index in [4.69, 9.17) is 13.9 Å². The summed E-state index contributed by atoms with van der Waals surface area (Å²) >= 11 is 0. The largest absolute Gasteiger partial charge is 0.467 e. The third-order valence-corrected chi connectivity index (χ3v) is 11.1. The Labute approximate surface area is 188 Å². The van der Waals surface area contributed by atoms with Crippen LogP contribution in [0.1, 0.15) is 58.4 Å². The molecule has 6 nitrogen and oxygen atoms in total. The van der Waals surface area contributed by atoms with Crippen molar-refractivity contribution in [3.63, 3.8) is 0 Å². The van der Waals surface area contributed by atoms with Crippen molar-refractivity contribution in [1.29, 1.82) is 0 Å². The first-order valence-electron chi connectivity index (χ1n) is 11.3. The highest BCUT2D eigenvalue weighted by Crippen LogP contribution is 2.41. The van der Waals surface area contributed by atoms with Crippen LogP contribution in [0, 0.1) is 5.92 Å². The topological polar surface area (TPSA) is 73.9 Å². The Bertz CT molecular complexity index is 716. The van der Waals surface area contributed by atoms with Crippen LogP contribution in [0.2, 0.25) is 18.1 Å². The number of rotatable bonds is 8. The zero-order valence-corrected chi connectivity index (χ0v) is 20.9. The summed E-state index contributed by atoms with van der Waals surface area (Å²) in [6.45, 7) is 11.4. The average Bonchev–Trinajstić information content (AvgIpc) is 2.72. The van der Waals surface area contributed by atoms with E-state index in [0.29, 0.717) is 6.42 Å². The van der Waals surface area contributed by atoms with Gasteiger partial charge in [0.2, 0.25) is 0 Å². The molecule has 7 heteroatoms. The average molecular weight is 450 g/mol. The van der Waals surface area contributed by atoms with Gasteiger partial charge in [-0.1, -0.05) is 63.9 Å². The van der Waals surface area contributed by atoms with Crippen LogP contribution in [-0.4, -0.2) is 39.6 Å². The van der Waals surface area contributed by atoms with Crippen molar-refractivity contribution >= 4 is 20.4 Å². The molecule has 31 heavy (non-hydrogen) atoms. The molecule has 1 aromatic rings. The summed E-state index contributed by atoms with van der Waals surface area (Å²) in [4.78, 5) is 24.8. The Balaban J connectivity index is 2.02. The van der Waals surface area contributed by atoms with E-state index in [2.05, 4.69) is 39.2 Å². The molecule has 1 aliphatic rings. The van der Waals surface area contributed by atoms with Crippen LogP contribution in [0.25, 0.3) is 0 Å². The molecule has 0 bridgehead atoms. The van der Waals surface area contributed by atoms with Gasteiger partial charge < -0.3 is 19.2 Å². The number of alkyl carbamates (subject to hydrolysis) is 1. The zero-order chi connectivity index (χ0) is 23.1. The molecular formula is C24H39NO5Si. The maximum absolute atomic E-state index is 12.4. The van der Waals surface area contributed by atoms with Crippen LogP contribution in [0.5, 0.6) is 0 Å². The van der Waals surface area contributed by atoms with Gasteiger partial charge in [0.15, 0.2) is 8.32 Å². The van der Waals surface area contributed by atoms with Crippen molar-refractivity contribution in [2.75, 3.05) is 7.11 Å². The molecule has 1 saturated carbocycles. The molecule has 174 valence electrons. The summed E-state index contributed by atoms with van der Waals surface area (Å²) in [6.07, 6.45) is 4.18. The van der Waals surface area contributed by atoms with E-state index >= 15 is 0 Å². The molecule has 0 heterocycles. The first-order valence-corrected chi connectivity index (χ1v) is 14.2. The molecule has 0 aromatic heterocycles. The highest BCUT2D eigenvalue weighted by Gasteiger charge is 2.42. The van der Waals surface area contributed by atoms with E-state index in [1.165, 1.54) is 7.11 Å². The lowest BCUT2D eigenvalue weighted by atomic mass is 9.82. The summed E-state index contributed by atoms with van der Waals surface area (Å²) in [5.41, 5.74) is 0.891. The van der Waals surface area contributed by atoms with Crippen LogP contribution >= 0.6 is 0 Å². The minimum Gasteiger partial charge on any atom is -0.467 e. The minimum atomic E-state index is -1.93. The summed E-state index contributed by atoms with van der Waals surface area (Å²) in [5, 5.41) is 2.84. The number of nitrogens with one attached hydrogen (secondary N) is 1. The molecule has 0 saturated heterocycles. The van der Waals surface area contributed by atoms with Gasteiger partial charge in [-0.15, -0.1) is 0 Å². The number of amides is 1. The van der Waals surface area contributed by atoms with Crippen LogP contribution < -0.4 is 5.32 Å². The second-order valence-corrected chi connectivity index (χ2v) is 14.7. The fraction of sp³-hybridized carbons (Fsp3) is 0.667. The molecule has 3 atom stereocenters. The van der Waals surface area contributed by atoms with Crippen LogP contribution in [-0.2, 0) is 25.3 Å². The molecule has 1 N–H and O–H groups in total. The van der Waals surface area contributed by atoms with Crippen LogP contribution in [0.15, 0.2) is 30.3 Å². The predicted octanol–water partition coefficient (Wildman–Crippen LogP) is 5.43. The Morgan fingerprint density at radius 1 is 1.13 bits per heavy atom. The van der Waals surface area contributed by atoms with Crippen LogP contribution in [0.4, 0.5) is 4.79 Å². The van der Waals surface area contributed by atoms with E-state index < -0.39 is 26.4 Å². The normalized spacial score (nSPS) is 20.6. The summed E-state index contributed by atoms with van der Waals surface area (Å²) in [7, 11) is -0.587. The standard InChI is InChI=1S/C24H39NO5Si/c1-24(2,3)31(5,6)30-21-15-11-10-14-19(21)16-20(22(26)28-4)25-23(27)29-17-18-12-8-7-9-13-18/h7-9,12-13,19-21H,10-11,14-17H2,1-6H3,(H,25,27). The quantitative estimate of drug-likeness (QED) is 0.423. The van der Waals surface area contributed by atoms with Crippen molar-refractivity contribution in [1.82, 2.24) is 5.32 Å². The first kappa shape index (κ1) is 25.4. The fourth-order valence-corrected chi connectivity index (χ4v) is 5.14. The van der Waals surface area contributed by atoms with E-state index in [1.807, 2.05) is 30.3 Å². The number of carbonyl (C=O) groups is 2. The van der Waals surface area contributed by atoms with E-state index in [-0.39, 0.29) is 23.7 Å². The Morgan fingerprint density at radius 2 is 1.77 bits per heavy atom. The van der Waals surface area contributed by atoms with E-state index in [1.54, 1.807) is 0 Å². The lowest BCUT2D eigenvalue weighted by Crippen LogP contribution is -2.49. The molecule has 0 radical (unpaired) electrons. The fourth-order valence-electron chi connectivity index (χ4n) is 3.72. The Morgan fingerprint density at radius 3 is 2.39 bits per heavy atom. The highest BCUT2D eigenvalue weighted by molar-refractivity contribution is 6.74. The van der Waals surface area contributed by atoms with Crippen molar-refractivity contribution in [2.45, 2.75) is 89.8 Å². The highest BCUT2D eigenvalue weighted by atomic mass is 28.4. The Hall–Kier alpha value is -1.86. The van der Waals surface area contributed by atoms with Gasteiger partial charge in [0.05, 0.1) is 7.11 Å². The number of carbonyl (C=O) groups excluding carboxylic acids is 2. The summed E-state index contributed by atoms with van der Waals surface area (Å²) in [6, 6.07) is 8.70. The van der Waals surface area contributed by atoms with Crippen molar-refractivity contribution in [3.8, 4) is 0 Å². The number of esters is 1. The minimum absolute atomic E-state index is 0.101. The van der Waals surface area contributed by atoms with Gasteiger partial charge in [0, 0.05) is 6.10 Å². The molecule has 0 aliphatic heterocycles. The third kappa shape index (κ3) is 7.65. The number of methoxy groups -OCH3 is 1. The molecule has 1 fully saturated rings. The van der Waals surface area contributed by atoms with Gasteiger partial charge in [-0.25, -0.2) is 9.59 Å². The molecule has 1 aromatic carbocycles. The maximum Gasteiger partial charge on any atom is 0.408 e. The van der Waals surface area contributed by atoms with E-state index in [0.717, 1.165) is 31.2 Å². The number of ether oxygens (including phenoxy) is 2.